The lowest BCUT2D eigenvalue weighted by atomic mass is 9.92. The molecule has 0 saturated heterocycles. The second-order valence-corrected chi connectivity index (χ2v) is 6.64. The van der Waals surface area contributed by atoms with Crippen LogP contribution in [0.2, 0.25) is 0 Å². The fourth-order valence-electron chi connectivity index (χ4n) is 2.93. The Hall–Kier alpha value is -1.52. The van der Waals surface area contributed by atoms with E-state index in [-0.39, 0.29) is 0 Å². The Labute approximate surface area is 143 Å². The van der Waals surface area contributed by atoms with Gasteiger partial charge in [0.2, 0.25) is 0 Å². The molecule has 0 radical (unpaired) electrons. The highest BCUT2D eigenvalue weighted by molar-refractivity contribution is 7.80. The number of carbonyl (C=O) groups excluding carboxylic acids is 1. The molecule has 23 heavy (non-hydrogen) atoms. The van der Waals surface area contributed by atoms with E-state index in [1.165, 1.54) is 5.56 Å². The van der Waals surface area contributed by atoms with E-state index in [9.17, 15) is 4.79 Å². The zero-order valence-corrected chi connectivity index (χ0v) is 14.5. The molecule has 2 N–H and O–H groups in total. The minimum atomic E-state index is 0.355. The van der Waals surface area contributed by atoms with Crippen molar-refractivity contribution in [2.75, 3.05) is 13.2 Å². The third-order valence-electron chi connectivity index (χ3n) is 4.34. The number of nitrogens with two attached hydrogens (primary N) is 1. The number of allylic oxidation sites excluding steroid dienone is 2. The molecule has 0 saturated carbocycles. The van der Waals surface area contributed by atoms with Crippen LogP contribution < -0.4 is 10.5 Å². The number of fused-ring (bicyclic) bond motifs is 1. The summed E-state index contributed by atoms with van der Waals surface area (Å²) < 4.78 is 5.55. The van der Waals surface area contributed by atoms with E-state index in [0.717, 1.165) is 60.3 Å². The van der Waals surface area contributed by atoms with E-state index in [1.54, 1.807) is 0 Å². The van der Waals surface area contributed by atoms with Crippen LogP contribution >= 0.6 is 12.2 Å². The van der Waals surface area contributed by atoms with E-state index in [1.807, 2.05) is 19.1 Å². The van der Waals surface area contributed by atoms with Gasteiger partial charge in [-0.1, -0.05) is 24.4 Å². The second-order valence-electron chi connectivity index (χ2n) is 6.00. The molecule has 0 bridgehead atoms. The van der Waals surface area contributed by atoms with E-state index in [0.29, 0.717) is 18.9 Å². The molecule has 0 aromatic heterocycles. The quantitative estimate of drug-likeness (QED) is 0.553. The largest absolute Gasteiger partial charge is 0.493 e. The number of rotatable bonds is 9. The number of benzene rings is 1. The molecule has 0 spiro atoms. The van der Waals surface area contributed by atoms with Crippen LogP contribution in [0.4, 0.5) is 0 Å². The zero-order chi connectivity index (χ0) is 16.7. The van der Waals surface area contributed by atoms with Gasteiger partial charge in [0, 0.05) is 12.8 Å². The average molecular weight is 331 g/mol. The number of ether oxygens (including phenoxy) is 1. The van der Waals surface area contributed by atoms with Crippen molar-refractivity contribution in [3.8, 4) is 5.75 Å². The van der Waals surface area contributed by atoms with Crippen LogP contribution in [-0.4, -0.2) is 24.3 Å². The number of aldehydes is 1. The monoisotopic (exact) mass is 331 g/mol. The minimum absolute atomic E-state index is 0.355. The highest BCUT2D eigenvalue weighted by Crippen LogP contribution is 2.30. The first kappa shape index (κ1) is 17.8. The van der Waals surface area contributed by atoms with E-state index < -0.39 is 0 Å². The predicted octanol–water partition coefficient (Wildman–Crippen LogP) is 3.73. The molecule has 1 aliphatic rings. The van der Waals surface area contributed by atoms with Gasteiger partial charge in [-0.25, -0.2) is 0 Å². The summed E-state index contributed by atoms with van der Waals surface area (Å²) in [5, 5.41) is 0. The van der Waals surface area contributed by atoms with Crippen molar-refractivity contribution in [1.29, 1.82) is 0 Å². The van der Waals surface area contributed by atoms with Gasteiger partial charge in [-0.3, -0.25) is 0 Å². The summed E-state index contributed by atoms with van der Waals surface area (Å²) in [4.78, 5) is 12.1. The Morgan fingerprint density at radius 2 is 2.30 bits per heavy atom. The Kier molecular flexibility index (Phi) is 6.93. The van der Waals surface area contributed by atoms with Crippen molar-refractivity contribution in [2.45, 2.75) is 39.0 Å². The summed E-state index contributed by atoms with van der Waals surface area (Å²) >= 11 is 5.37. The lowest BCUT2D eigenvalue weighted by Crippen LogP contribution is -2.11. The predicted molar refractivity (Wildman–Crippen MR) is 99.0 cm³/mol. The van der Waals surface area contributed by atoms with Crippen LogP contribution in [0.5, 0.6) is 5.75 Å². The van der Waals surface area contributed by atoms with Gasteiger partial charge in [0.05, 0.1) is 6.61 Å². The lowest BCUT2D eigenvalue weighted by molar-refractivity contribution is -0.107. The minimum Gasteiger partial charge on any atom is -0.493 e. The van der Waals surface area contributed by atoms with Crippen LogP contribution in [0, 0.1) is 5.92 Å². The Balaban J connectivity index is 2.16. The first-order valence-electron chi connectivity index (χ1n) is 8.25. The number of hydrogen-bond acceptors (Lipinski definition) is 4. The Morgan fingerprint density at radius 1 is 1.48 bits per heavy atom. The Morgan fingerprint density at radius 3 is 3.00 bits per heavy atom. The Bertz CT molecular complexity index is 595. The molecule has 3 nitrogen and oxygen atoms in total. The molecular weight excluding hydrogens is 306 g/mol. The maximum absolute atomic E-state index is 11.1. The average Bonchev–Trinajstić information content (AvgIpc) is 3.01. The summed E-state index contributed by atoms with van der Waals surface area (Å²) in [6.45, 7) is 3.43. The molecule has 0 fully saturated rings. The van der Waals surface area contributed by atoms with E-state index in [4.69, 9.17) is 22.7 Å². The highest BCUT2D eigenvalue weighted by Gasteiger charge is 2.14. The number of carbonyl (C=O) groups is 1. The number of thiocarbonyl (C=S) groups is 1. The highest BCUT2D eigenvalue weighted by atomic mass is 32.1. The van der Waals surface area contributed by atoms with Crippen molar-refractivity contribution in [2.24, 2.45) is 11.7 Å². The zero-order valence-electron chi connectivity index (χ0n) is 13.7. The van der Waals surface area contributed by atoms with Gasteiger partial charge in [-0.2, -0.15) is 0 Å². The van der Waals surface area contributed by atoms with Gasteiger partial charge < -0.3 is 15.3 Å². The van der Waals surface area contributed by atoms with Crippen molar-refractivity contribution in [3.05, 3.63) is 35.4 Å². The molecule has 1 atom stereocenters. The third kappa shape index (κ3) is 4.98. The molecule has 4 heteroatoms. The lowest BCUT2D eigenvalue weighted by Gasteiger charge is -2.14. The SMILES string of the molecule is CC(=S)C(C/C=C(/CC=O)c1ccc2c(c1)CCO2)CCCN. The molecule has 1 aromatic rings. The molecule has 1 aromatic carbocycles. The topological polar surface area (TPSA) is 52.3 Å². The summed E-state index contributed by atoms with van der Waals surface area (Å²) in [6.07, 6.45) is 7.36. The van der Waals surface area contributed by atoms with Gasteiger partial charge in [-0.05, 0) is 72.3 Å². The maximum atomic E-state index is 11.1. The first-order valence-corrected chi connectivity index (χ1v) is 8.65. The molecule has 0 amide bonds. The van der Waals surface area contributed by atoms with Gasteiger partial charge in [0.1, 0.15) is 12.0 Å². The molecular formula is C19H25NO2S. The summed E-state index contributed by atoms with van der Waals surface area (Å²) in [6, 6.07) is 6.20. The van der Waals surface area contributed by atoms with Gasteiger partial charge in [-0.15, -0.1) is 0 Å². The molecule has 124 valence electrons. The van der Waals surface area contributed by atoms with Gasteiger partial charge >= 0.3 is 0 Å². The molecule has 1 heterocycles. The van der Waals surface area contributed by atoms with Crippen LogP contribution in [0.1, 0.15) is 43.7 Å². The number of hydrogen-bond donors (Lipinski definition) is 1. The smallest absolute Gasteiger partial charge is 0.124 e. The second kappa shape index (κ2) is 8.94. The standard InChI is InChI=1S/C19H25NO2S/c1-14(23)15(3-2-10-20)4-5-16(8-11-21)17-6-7-19-18(13-17)9-12-22-19/h5-7,11,13,15H,2-4,8-10,12,20H2,1H3/b16-5-. The van der Waals surface area contributed by atoms with Crippen molar-refractivity contribution in [3.63, 3.8) is 0 Å². The van der Waals surface area contributed by atoms with Crippen molar-refractivity contribution in [1.82, 2.24) is 0 Å². The molecule has 1 unspecified atom stereocenters. The first-order chi connectivity index (χ1) is 11.2. The van der Waals surface area contributed by atoms with Crippen LogP contribution in [0.25, 0.3) is 5.57 Å². The third-order valence-corrected chi connectivity index (χ3v) is 4.68. The summed E-state index contributed by atoms with van der Waals surface area (Å²) in [5.41, 5.74) is 9.02. The van der Waals surface area contributed by atoms with Gasteiger partial charge in [0.15, 0.2) is 0 Å². The van der Waals surface area contributed by atoms with Gasteiger partial charge in [0.25, 0.3) is 0 Å². The molecule has 2 rings (SSSR count). The van der Waals surface area contributed by atoms with Crippen LogP contribution in [0.3, 0.4) is 0 Å². The van der Waals surface area contributed by atoms with Crippen molar-refractivity contribution < 1.29 is 9.53 Å². The van der Waals surface area contributed by atoms with Crippen molar-refractivity contribution >= 4 is 28.9 Å². The van der Waals surface area contributed by atoms with E-state index in [2.05, 4.69) is 12.1 Å². The summed E-state index contributed by atoms with van der Waals surface area (Å²) in [7, 11) is 0. The fraction of sp³-hybridized carbons (Fsp3) is 0.474. The summed E-state index contributed by atoms with van der Waals surface area (Å²) in [5.74, 6) is 1.32. The van der Waals surface area contributed by atoms with Crippen LogP contribution in [-0.2, 0) is 11.2 Å². The normalized spacial score (nSPS) is 15.0. The van der Waals surface area contributed by atoms with E-state index >= 15 is 0 Å². The fourth-order valence-corrected chi connectivity index (χ4v) is 3.15. The molecule has 0 aliphatic carbocycles. The maximum Gasteiger partial charge on any atom is 0.124 e. The molecule has 1 aliphatic heterocycles. The van der Waals surface area contributed by atoms with Crippen LogP contribution in [0.15, 0.2) is 24.3 Å².